The van der Waals surface area contributed by atoms with E-state index in [0.29, 0.717) is 6.61 Å². The van der Waals surface area contributed by atoms with Crippen molar-refractivity contribution >= 4 is 5.97 Å². The fourth-order valence-electron chi connectivity index (χ4n) is 3.29. The third kappa shape index (κ3) is 4.44. The first-order valence-corrected chi connectivity index (χ1v) is 8.23. The maximum absolute atomic E-state index is 12.1. The van der Waals surface area contributed by atoms with Crippen LogP contribution in [0.25, 0.3) is 0 Å². The predicted molar refractivity (Wildman–Crippen MR) is 86.3 cm³/mol. The SMILES string of the molecule is CCCCC1C(CCOC)=CC=CC1(CCCC)C(=O)O. The van der Waals surface area contributed by atoms with Crippen LogP contribution in [-0.2, 0) is 9.53 Å². The quantitative estimate of drug-likeness (QED) is 0.641. The molecule has 2 unspecified atom stereocenters. The van der Waals surface area contributed by atoms with E-state index in [1.807, 2.05) is 12.2 Å². The van der Waals surface area contributed by atoms with Gasteiger partial charge in [-0.05, 0) is 25.2 Å². The van der Waals surface area contributed by atoms with Gasteiger partial charge < -0.3 is 9.84 Å². The molecule has 1 aliphatic rings. The zero-order valence-electron chi connectivity index (χ0n) is 13.7. The second-order valence-corrected chi connectivity index (χ2v) is 5.99. The largest absolute Gasteiger partial charge is 0.481 e. The molecule has 0 fully saturated rings. The Kier molecular flexibility index (Phi) is 7.73. The summed E-state index contributed by atoms with van der Waals surface area (Å²) in [6, 6.07) is 0. The van der Waals surface area contributed by atoms with E-state index in [9.17, 15) is 9.90 Å². The molecule has 1 rings (SSSR count). The molecule has 0 aliphatic heterocycles. The van der Waals surface area contributed by atoms with Gasteiger partial charge in [0.2, 0.25) is 0 Å². The van der Waals surface area contributed by atoms with Crippen molar-refractivity contribution in [1.29, 1.82) is 0 Å². The predicted octanol–water partition coefficient (Wildman–Crippen LogP) is 4.59. The monoisotopic (exact) mass is 294 g/mol. The molecule has 0 bridgehead atoms. The van der Waals surface area contributed by atoms with Crippen molar-refractivity contribution in [2.45, 2.75) is 58.8 Å². The summed E-state index contributed by atoms with van der Waals surface area (Å²) in [5, 5.41) is 9.92. The second-order valence-electron chi connectivity index (χ2n) is 5.99. The number of methoxy groups -OCH3 is 1. The lowest BCUT2D eigenvalue weighted by Gasteiger charge is -2.39. The van der Waals surface area contributed by atoms with Crippen LogP contribution >= 0.6 is 0 Å². The lowest BCUT2D eigenvalue weighted by atomic mass is 9.64. The highest BCUT2D eigenvalue weighted by molar-refractivity contribution is 5.79. The Morgan fingerprint density at radius 1 is 1.33 bits per heavy atom. The van der Waals surface area contributed by atoms with Crippen LogP contribution in [0.4, 0.5) is 0 Å². The summed E-state index contributed by atoms with van der Waals surface area (Å²) >= 11 is 0. The number of allylic oxidation sites excluding steroid dienone is 2. The number of aliphatic carboxylic acids is 1. The van der Waals surface area contributed by atoms with E-state index in [2.05, 4.69) is 19.9 Å². The van der Waals surface area contributed by atoms with Gasteiger partial charge in [0.1, 0.15) is 0 Å². The summed E-state index contributed by atoms with van der Waals surface area (Å²) in [6.45, 7) is 4.93. The summed E-state index contributed by atoms with van der Waals surface area (Å²) in [7, 11) is 1.70. The first-order valence-electron chi connectivity index (χ1n) is 8.23. The Morgan fingerprint density at radius 2 is 2.05 bits per heavy atom. The van der Waals surface area contributed by atoms with Crippen molar-refractivity contribution in [3.63, 3.8) is 0 Å². The topological polar surface area (TPSA) is 46.5 Å². The third-order valence-corrected chi connectivity index (χ3v) is 4.56. The number of carboxylic acids is 1. The first kappa shape index (κ1) is 18.0. The summed E-state index contributed by atoms with van der Waals surface area (Å²) in [4.78, 5) is 12.1. The highest BCUT2D eigenvalue weighted by atomic mass is 16.5. The van der Waals surface area contributed by atoms with E-state index < -0.39 is 11.4 Å². The van der Waals surface area contributed by atoms with Crippen molar-refractivity contribution < 1.29 is 14.6 Å². The van der Waals surface area contributed by atoms with Gasteiger partial charge in [0, 0.05) is 13.7 Å². The molecule has 0 amide bonds. The highest BCUT2D eigenvalue weighted by Crippen LogP contribution is 2.46. The normalized spacial score (nSPS) is 24.9. The van der Waals surface area contributed by atoms with Crippen LogP contribution in [0.1, 0.15) is 58.8 Å². The molecule has 0 spiro atoms. The van der Waals surface area contributed by atoms with E-state index >= 15 is 0 Å². The Hall–Kier alpha value is -1.09. The van der Waals surface area contributed by atoms with E-state index in [-0.39, 0.29) is 5.92 Å². The highest BCUT2D eigenvalue weighted by Gasteiger charge is 2.45. The second kappa shape index (κ2) is 9.04. The molecular formula is C18H30O3. The molecule has 21 heavy (non-hydrogen) atoms. The lowest BCUT2D eigenvalue weighted by Crippen LogP contribution is -2.39. The molecule has 0 saturated carbocycles. The number of unbranched alkanes of at least 4 members (excludes halogenated alkanes) is 2. The van der Waals surface area contributed by atoms with Gasteiger partial charge in [-0.25, -0.2) is 0 Å². The third-order valence-electron chi connectivity index (χ3n) is 4.56. The van der Waals surface area contributed by atoms with Gasteiger partial charge in [0.25, 0.3) is 0 Å². The zero-order valence-corrected chi connectivity index (χ0v) is 13.7. The van der Waals surface area contributed by atoms with E-state index in [1.54, 1.807) is 7.11 Å². The average molecular weight is 294 g/mol. The van der Waals surface area contributed by atoms with Crippen molar-refractivity contribution in [3.8, 4) is 0 Å². The molecule has 120 valence electrons. The van der Waals surface area contributed by atoms with Gasteiger partial charge in [0.15, 0.2) is 0 Å². The molecule has 1 aliphatic carbocycles. The van der Waals surface area contributed by atoms with Crippen LogP contribution in [0.2, 0.25) is 0 Å². The zero-order chi connectivity index (χ0) is 15.7. The van der Waals surface area contributed by atoms with Crippen LogP contribution in [0.5, 0.6) is 0 Å². The molecular weight excluding hydrogens is 264 g/mol. The molecule has 0 aromatic heterocycles. The Labute approximate surface area is 129 Å². The standard InChI is InChI=1S/C18H30O3/c1-4-6-10-16-15(11-14-21-3)9-8-13-18(16,17(19)20)12-7-5-2/h8-9,13,16H,4-7,10-12,14H2,1-3H3,(H,19,20). The number of carbonyl (C=O) groups is 1. The average Bonchev–Trinajstić information content (AvgIpc) is 2.49. The first-order chi connectivity index (χ1) is 10.1. The van der Waals surface area contributed by atoms with Gasteiger partial charge in [0.05, 0.1) is 5.41 Å². The van der Waals surface area contributed by atoms with Gasteiger partial charge in [-0.1, -0.05) is 63.3 Å². The molecule has 1 N–H and O–H groups in total. The van der Waals surface area contributed by atoms with Gasteiger partial charge in [-0.3, -0.25) is 4.79 Å². The van der Waals surface area contributed by atoms with E-state index in [1.165, 1.54) is 5.57 Å². The van der Waals surface area contributed by atoms with Crippen LogP contribution in [0.3, 0.4) is 0 Å². The number of hydrogen-bond donors (Lipinski definition) is 1. The Bertz CT molecular complexity index is 384. The number of carboxylic acid groups (broad SMARTS) is 1. The van der Waals surface area contributed by atoms with Crippen LogP contribution < -0.4 is 0 Å². The van der Waals surface area contributed by atoms with Crippen LogP contribution in [0, 0.1) is 11.3 Å². The van der Waals surface area contributed by atoms with Crippen molar-refractivity contribution in [2.24, 2.45) is 11.3 Å². The van der Waals surface area contributed by atoms with Gasteiger partial charge >= 0.3 is 5.97 Å². The maximum Gasteiger partial charge on any atom is 0.314 e. The molecule has 0 heterocycles. The van der Waals surface area contributed by atoms with E-state index in [0.717, 1.165) is 44.9 Å². The molecule has 0 aromatic rings. The molecule has 3 nitrogen and oxygen atoms in total. The smallest absolute Gasteiger partial charge is 0.314 e. The van der Waals surface area contributed by atoms with Gasteiger partial charge in [-0.15, -0.1) is 0 Å². The van der Waals surface area contributed by atoms with Crippen LogP contribution in [-0.4, -0.2) is 24.8 Å². The molecule has 0 saturated heterocycles. The summed E-state index contributed by atoms with van der Waals surface area (Å²) in [6.07, 6.45) is 12.6. The Balaban J connectivity index is 3.04. The number of rotatable bonds is 10. The summed E-state index contributed by atoms with van der Waals surface area (Å²) in [5.74, 6) is -0.557. The minimum Gasteiger partial charge on any atom is -0.481 e. The Morgan fingerprint density at radius 3 is 2.62 bits per heavy atom. The number of ether oxygens (including phenoxy) is 1. The molecule has 0 aromatic carbocycles. The van der Waals surface area contributed by atoms with E-state index in [4.69, 9.17) is 4.74 Å². The molecule has 2 atom stereocenters. The minimum atomic E-state index is -0.719. The van der Waals surface area contributed by atoms with Gasteiger partial charge in [-0.2, -0.15) is 0 Å². The minimum absolute atomic E-state index is 0.113. The van der Waals surface area contributed by atoms with Crippen molar-refractivity contribution in [3.05, 3.63) is 23.8 Å². The molecule has 3 heteroatoms. The molecule has 0 radical (unpaired) electrons. The van der Waals surface area contributed by atoms with Crippen LogP contribution in [0.15, 0.2) is 23.8 Å². The summed E-state index contributed by atoms with van der Waals surface area (Å²) in [5.41, 5.74) is 0.523. The fourth-order valence-corrected chi connectivity index (χ4v) is 3.29. The maximum atomic E-state index is 12.1. The van der Waals surface area contributed by atoms with Crippen molar-refractivity contribution in [2.75, 3.05) is 13.7 Å². The lowest BCUT2D eigenvalue weighted by molar-refractivity contribution is -0.149. The fraction of sp³-hybridized carbons (Fsp3) is 0.722. The van der Waals surface area contributed by atoms with Crippen molar-refractivity contribution in [1.82, 2.24) is 0 Å². The number of hydrogen-bond acceptors (Lipinski definition) is 2. The summed E-state index contributed by atoms with van der Waals surface area (Å²) < 4.78 is 5.19.